The van der Waals surface area contributed by atoms with Gasteiger partial charge in [-0.3, -0.25) is 14.7 Å². The number of benzene rings is 1. The zero-order chi connectivity index (χ0) is 17.3. The maximum Gasteiger partial charge on any atom is 0.248 e. The van der Waals surface area contributed by atoms with E-state index in [4.69, 9.17) is 4.74 Å². The summed E-state index contributed by atoms with van der Waals surface area (Å²) in [6.45, 7) is 4.73. The SMILES string of the molecule is O=C(/C=C/c1cccnc1)Nc1ccc(CCN2CCOCC2)cc1. The van der Waals surface area contributed by atoms with Gasteiger partial charge in [-0.05, 0) is 41.8 Å². The van der Waals surface area contributed by atoms with Crippen molar-refractivity contribution in [2.75, 3.05) is 38.2 Å². The monoisotopic (exact) mass is 337 g/mol. The molecule has 0 spiro atoms. The summed E-state index contributed by atoms with van der Waals surface area (Å²) < 4.78 is 5.36. The molecule has 0 aliphatic carbocycles. The Hall–Kier alpha value is -2.50. The third-order valence-electron chi connectivity index (χ3n) is 4.15. The second kappa shape index (κ2) is 9.11. The number of aromatic nitrogens is 1. The first kappa shape index (κ1) is 17.3. The van der Waals surface area contributed by atoms with E-state index in [1.54, 1.807) is 18.5 Å². The molecule has 1 aliphatic rings. The van der Waals surface area contributed by atoms with Gasteiger partial charge in [-0.15, -0.1) is 0 Å². The number of ether oxygens (including phenoxy) is 1. The molecule has 1 aromatic heterocycles. The van der Waals surface area contributed by atoms with Crippen LogP contribution in [-0.4, -0.2) is 48.6 Å². The second-order valence-corrected chi connectivity index (χ2v) is 6.01. The van der Waals surface area contributed by atoms with Gasteiger partial charge in [0.25, 0.3) is 0 Å². The molecule has 0 saturated carbocycles. The van der Waals surface area contributed by atoms with Crippen LogP contribution < -0.4 is 5.32 Å². The van der Waals surface area contributed by atoms with Crippen LogP contribution >= 0.6 is 0 Å². The molecule has 3 rings (SSSR count). The van der Waals surface area contributed by atoms with Crippen LogP contribution in [0, 0.1) is 0 Å². The van der Waals surface area contributed by atoms with Crippen LogP contribution in [0.15, 0.2) is 54.9 Å². The minimum absolute atomic E-state index is 0.148. The number of carbonyl (C=O) groups is 1. The number of amides is 1. The minimum atomic E-state index is -0.148. The van der Waals surface area contributed by atoms with Crippen molar-refractivity contribution in [2.45, 2.75) is 6.42 Å². The number of nitrogens with zero attached hydrogens (tertiary/aromatic N) is 2. The zero-order valence-corrected chi connectivity index (χ0v) is 14.2. The number of anilines is 1. The van der Waals surface area contributed by atoms with E-state index in [2.05, 4.69) is 27.3 Å². The van der Waals surface area contributed by atoms with Crippen LogP contribution in [0.4, 0.5) is 5.69 Å². The van der Waals surface area contributed by atoms with Gasteiger partial charge in [0.15, 0.2) is 0 Å². The van der Waals surface area contributed by atoms with E-state index in [1.807, 2.05) is 24.3 Å². The van der Waals surface area contributed by atoms with Crippen molar-refractivity contribution in [2.24, 2.45) is 0 Å². The molecule has 0 radical (unpaired) electrons. The van der Waals surface area contributed by atoms with E-state index in [-0.39, 0.29) is 5.91 Å². The number of pyridine rings is 1. The molecule has 1 amide bonds. The minimum Gasteiger partial charge on any atom is -0.379 e. The Morgan fingerprint density at radius 2 is 2.00 bits per heavy atom. The highest BCUT2D eigenvalue weighted by Gasteiger charge is 2.09. The molecule has 1 saturated heterocycles. The first-order valence-corrected chi connectivity index (χ1v) is 8.58. The molecule has 0 unspecified atom stereocenters. The summed E-state index contributed by atoms with van der Waals surface area (Å²) in [7, 11) is 0. The van der Waals surface area contributed by atoms with Gasteiger partial charge < -0.3 is 10.1 Å². The van der Waals surface area contributed by atoms with Crippen molar-refractivity contribution in [1.82, 2.24) is 9.88 Å². The van der Waals surface area contributed by atoms with Crippen LogP contribution in [-0.2, 0) is 16.0 Å². The number of morpholine rings is 1. The third-order valence-corrected chi connectivity index (χ3v) is 4.15. The van der Waals surface area contributed by atoms with Crippen LogP contribution in [0.25, 0.3) is 6.08 Å². The molecule has 0 bridgehead atoms. The Labute approximate surface area is 148 Å². The number of hydrogen-bond donors (Lipinski definition) is 1. The second-order valence-electron chi connectivity index (χ2n) is 6.01. The number of hydrogen-bond acceptors (Lipinski definition) is 4. The quantitative estimate of drug-likeness (QED) is 0.823. The summed E-state index contributed by atoms with van der Waals surface area (Å²) in [6, 6.07) is 11.8. The van der Waals surface area contributed by atoms with E-state index < -0.39 is 0 Å². The highest BCUT2D eigenvalue weighted by Crippen LogP contribution is 2.11. The van der Waals surface area contributed by atoms with Gasteiger partial charge in [-0.2, -0.15) is 0 Å². The van der Waals surface area contributed by atoms with E-state index in [0.29, 0.717) is 0 Å². The van der Waals surface area contributed by atoms with Gasteiger partial charge in [-0.1, -0.05) is 18.2 Å². The van der Waals surface area contributed by atoms with Crippen molar-refractivity contribution in [1.29, 1.82) is 0 Å². The van der Waals surface area contributed by atoms with E-state index in [0.717, 1.165) is 50.5 Å². The average molecular weight is 337 g/mol. The highest BCUT2D eigenvalue weighted by atomic mass is 16.5. The van der Waals surface area contributed by atoms with E-state index in [9.17, 15) is 4.79 Å². The number of rotatable bonds is 6. The Morgan fingerprint density at radius 3 is 2.72 bits per heavy atom. The fourth-order valence-corrected chi connectivity index (χ4v) is 2.70. The highest BCUT2D eigenvalue weighted by molar-refractivity contribution is 6.01. The average Bonchev–Trinajstić information content (AvgIpc) is 2.67. The molecule has 1 aromatic carbocycles. The molecule has 25 heavy (non-hydrogen) atoms. The lowest BCUT2D eigenvalue weighted by Gasteiger charge is -2.26. The van der Waals surface area contributed by atoms with Crippen LogP contribution in [0.2, 0.25) is 0 Å². The Morgan fingerprint density at radius 1 is 1.20 bits per heavy atom. The largest absolute Gasteiger partial charge is 0.379 e. The lowest BCUT2D eigenvalue weighted by Crippen LogP contribution is -2.37. The Kier molecular flexibility index (Phi) is 6.31. The first-order chi connectivity index (χ1) is 12.3. The summed E-state index contributed by atoms with van der Waals surface area (Å²) in [5, 5.41) is 2.87. The van der Waals surface area contributed by atoms with Crippen molar-refractivity contribution in [3.8, 4) is 0 Å². The lowest BCUT2D eigenvalue weighted by molar-refractivity contribution is -0.111. The molecule has 1 aliphatic heterocycles. The smallest absolute Gasteiger partial charge is 0.248 e. The van der Waals surface area contributed by atoms with Gasteiger partial charge in [0, 0.05) is 43.8 Å². The van der Waals surface area contributed by atoms with Gasteiger partial charge >= 0.3 is 0 Å². The molecule has 5 nitrogen and oxygen atoms in total. The maximum absolute atomic E-state index is 12.0. The summed E-state index contributed by atoms with van der Waals surface area (Å²) in [5.74, 6) is -0.148. The predicted molar refractivity (Wildman–Crippen MR) is 99.3 cm³/mol. The molecule has 1 N–H and O–H groups in total. The normalized spacial score (nSPS) is 15.4. The van der Waals surface area contributed by atoms with Crippen molar-refractivity contribution >= 4 is 17.7 Å². The van der Waals surface area contributed by atoms with Gasteiger partial charge in [0.2, 0.25) is 5.91 Å². The fraction of sp³-hybridized carbons (Fsp3) is 0.300. The first-order valence-electron chi connectivity index (χ1n) is 8.58. The molecule has 1 fully saturated rings. The third kappa shape index (κ3) is 5.81. The number of carbonyl (C=O) groups excluding carboxylic acids is 1. The molecule has 5 heteroatoms. The van der Waals surface area contributed by atoms with Crippen LogP contribution in [0.3, 0.4) is 0 Å². The molecular weight excluding hydrogens is 314 g/mol. The summed E-state index contributed by atoms with van der Waals surface area (Å²) in [4.78, 5) is 18.4. The van der Waals surface area contributed by atoms with E-state index >= 15 is 0 Å². The maximum atomic E-state index is 12.0. The zero-order valence-electron chi connectivity index (χ0n) is 14.2. The van der Waals surface area contributed by atoms with Crippen LogP contribution in [0.5, 0.6) is 0 Å². The molecular formula is C20H23N3O2. The van der Waals surface area contributed by atoms with Gasteiger partial charge in [-0.25, -0.2) is 0 Å². The molecule has 0 atom stereocenters. The fourth-order valence-electron chi connectivity index (χ4n) is 2.70. The molecule has 130 valence electrons. The number of nitrogens with one attached hydrogen (secondary N) is 1. The van der Waals surface area contributed by atoms with Gasteiger partial charge in [0.1, 0.15) is 0 Å². The van der Waals surface area contributed by atoms with Crippen LogP contribution in [0.1, 0.15) is 11.1 Å². The molecule has 2 aromatic rings. The summed E-state index contributed by atoms with van der Waals surface area (Å²) in [5.41, 5.74) is 2.97. The van der Waals surface area contributed by atoms with E-state index in [1.165, 1.54) is 11.6 Å². The van der Waals surface area contributed by atoms with Gasteiger partial charge in [0.05, 0.1) is 13.2 Å². The predicted octanol–water partition coefficient (Wildman–Crippen LogP) is 2.61. The van der Waals surface area contributed by atoms with Crippen molar-refractivity contribution < 1.29 is 9.53 Å². The van der Waals surface area contributed by atoms with Crippen molar-refractivity contribution in [3.63, 3.8) is 0 Å². The Balaban J connectivity index is 1.46. The topological polar surface area (TPSA) is 54.5 Å². The summed E-state index contributed by atoms with van der Waals surface area (Å²) >= 11 is 0. The van der Waals surface area contributed by atoms with Crippen molar-refractivity contribution in [3.05, 3.63) is 66.0 Å². The Bertz CT molecular complexity index is 693. The lowest BCUT2D eigenvalue weighted by atomic mass is 10.1. The summed E-state index contributed by atoms with van der Waals surface area (Å²) in [6.07, 6.45) is 7.70. The standard InChI is InChI=1S/C20H23N3O2/c24-20(8-5-18-2-1-10-21-16-18)22-19-6-3-17(4-7-19)9-11-23-12-14-25-15-13-23/h1-8,10,16H,9,11-15H2,(H,22,24)/b8-5+. The molecule has 2 heterocycles.